The van der Waals surface area contributed by atoms with Crippen molar-refractivity contribution >= 4 is 17.8 Å². The third-order valence-electron chi connectivity index (χ3n) is 2.08. The highest BCUT2D eigenvalue weighted by Crippen LogP contribution is 2.19. The maximum Gasteiger partial charge on any atom is 0.235 e. The van der Waals surface area contributed by atoms with E-state index in [9.17, 15) is 4.79 Å². The predicted octanol–water partition coefficient (Wildman–Crippen LogP) is 1.06. The maximum absolute atomic E-state index is 9.98. The average Bonchev–Trinajstić information content (AvgIpc) is 2.88. The Bertz CT molecular complexity index is 562. The van der Waals surface area contributed by atoms with E-state index in [4.69, 9.17) is 4.74 Å². The van der Waals surface area contributed by atoms with Crippen molar-refractivity contribution in [3.05, 3.63) is 24.3 Å². The van der Waals surface area contributed by atoms with Gasteiger partial charge in [-0.3, -0.25) is 0 Å². The van der Waals surface area contributed by atoms with Crippen LogP contribution in [0.2, 0.25) is 0 Å². The fourth-order valence-electron chi connectivity index (χ4n) is 1.27. The van der Waals surface area contributed by atoms with Crippen LogP contribution >= 0.6 is 11.8 Å². The second kappa shape index (κ2) is 5.95. The van der Waals surface area contributed by atoms with Crippen molar-refractivity contribution in [2.24, 2.45) is 4.99 Å². The molecule has 0 saturated heterocycles. The summed E-state index contributed by atoms with van der Waals surface area (Å²) < 4.78 is 6.63. The molecule has 8 heteroatoms. The minimum absolute atomic E-state index is 0.236. The maximum atomic E-state index is 9.98. The standard InChI is InChI=1S/C10H9N5O2S/c1-17-9-4-2-8(3-5-9)15-10(12-13-14-15)18-7-11-6-16/h2-5H,7H2,1H3. The van der Waals surface area contributed by atoms with Gasteiger partial charge in [0.2, 0.25) is 11.2 Å². The molecule has 92 valence electrons. The van der Waals surface area contributed by atoms with Gasteiger partial charge in [-0.15, -0.1) is 5.10 Å². The fourth-order valence-corrected chi connectivity index (χ4v) is 1.86. The van der Waals surface area contributed by atoms with Crippen LogP contribution in [0.4, 0.5) is 0 Å². The number of hydrogen-bond acceptors (Lipinski definition) is 7. The molecular weight excluding hydrogens is 254 g/mol. The summed E-state index contributed by atoms with van der Waals surface area (Å²) in [5.41, 5.74) is 0.804. The molecule has 18 heavy (non-hydrogen) atoms. The lowest BCUT2D eigenvalue weighted by Crippen LogP contribution is -1.99. The number of benzene rings is 1. The first kappa shape index (κ1) is 12.3. The molecule has 1 aromatic heterocycles. The highest BCUT2D eigenvalue weighted by molar-refractivity contribution is 7.99. The number of tetrazole rings is 1. The lowest BCUT2D eigenvalue weighted by molar-refractivity contribution is 0.414. The van der Waals surface area contributed by atoms with Gasteiger partial charge in [-0.2, -0.15) is 9.67 Å². The molecule has 0 bridgehead atoms. The first-order chi connectivity index (χ1) is 8.85. The van der Waals surface area contributed by atoms with Crippen molar-refractivity contribution in [3.63, 3.8) is 0 Å². The van der Waals surface area contributed by atoms with Crippen LogP contribution in [0.5, 0.6) is 5.75 Å². The van der Waals surface area contributed by atoms with Gasteiger partial charge < -0.3 is 4.74 Å². The van der Waals surface area contributed by atoms with Gasteiger partial charge in [0.1, 0.15) is 11.6 Å². The Hall–Kier alpha value is -2.18. The van der Waals surface area contributed by atoms with Crippen molar-refractivity contribution in [3.8, 4) is 11.4 Å². The molecule has 0 N–H and O–H groups in total. The molecule has 0 spiro atoms. The first-order valence-corrected chi connectivity index (χ1v) is 5.93. The molecule has 0 aliphatic carbocycles. The van der Waals surface area contributed by atoms with Gasteiger partial charge in [0, 0.05) is 0 Å². The van der Waals surface area contributed by atoms with E-state index in [0.717, 1.165) is 11.4 Å². The van der Waals surface area contributed by atoms with Gasteiger partial charge in [-0.05, 0) is 34.7 Å². The Morgan fingerprint density at radius 1 is 1.44 bits per heavy atom. The predicted molar refractivity (Wildman–Crippen MR) is 64.6 cm³/mol. The zero-order chi connectivity index (χ0) is 12.8. The van der Waals surface area contributed by atoms with E-state index in [1.807, 2.05) is 24.3 Å². The molecule has 7 nitrogen and oxygen atoms in total. The molecule has 0 unspecified atom stereocenters. The Labute approximate surface area is 107 Å². The number of methoxy groups -OCH3 is 1. The summed E-state index contributed by atoms with van der Waals surface area (Å²) in [5, 5.41) is 11.9. The smallest absolute Gasteiger partial charge is 0.235 e. The van der Waals surface area contributed by atoms with Crippen LogP contribution in [0.1, 0.15) is 0 Å². The fraction of sp³-hybridized carbons (Fsp3) is 0.200. The van der Waals surface area contributed by atoms with Gasteiger partial charge in [0.15, 0.2) is 0 Å². The van der Waals surface area contributed by atoms with Gasteiger partial charge in [0.05, 0.1) is 12.8 Å². The van der Waals surface area contributed by atoms with Crippen LogP contribution in [-0.4, -0.2) is 39.3 Å². The molecule has 0 amide bonds. The Balaban J connectivity index is 2.21. The first-order valence-electron chi connectivity index (χ1n) is 4.94. The quantitative estimate of drug-likeness (QED) is 0.455. The van der Waals surface area contributed by atoms with E-state index in [1.165, 1.54) is 17.8 Å². The van der Waals surface area contributed by atoms with Gasteiger partial charge in [-0.25, -0.2) is 4.79 Å². The number of thioether (sulfide) groups is 1. The number of ether oxygens (including phenoxy) is 1. The molecule has 0 fully saturated rings. The third-order valence-corrected chi connectivity index (χ3v) is 2.85. The average molecular weight is 263 g/mol. The van der Waals surface area contributed by atoms with E-state index in [0.29, 0.717) is 5.16 Å². The van der Waals surface area contributed by atoms with Crippen molar-refractivity contribution in [2.45, 2.75) is 5.16 Å². The van der Waals surface area contributed by atoms with E-state index in [-0.39, 0.29) is 5.88 Å². The number of hydrogen-bond donors (Lipinski definition) is 0. The van der Waals surface area contributed by atoms with Gasteiger partial charge >= 0.3 is 0 Å². The highest BCUT2D eigenvalue weighted by atomic mass is 32.2. The molecule has 1 aromatic carbocycles. The largest absolute Gasteiger partial charge is 0.497 e. The zero-order valence-corrected chi connectivity index (χ0v) is 10.3. The summed E-state index contributed by atoms with van der Waals surface area (Å²) in [4.78, 5) is 13.4. The molecule has 1 heterocycles. The minimum Gasteiger partial charge on any atom is -0.497 e. The number of carbonyl (C=O) groups excluding carboxylic acids is 1. The highest BCUT2D eigenvalue weighted by Gasteiger charge is 2.08. The van der Waals surface area contributed by atoms with Crippen molar-refractivity contribution in [2.75, 3.05) is 13.0 Å². The van der Waals surface area contributed by atoms with Crippen LogP contribution in [0.15, 0.2) is 34.4 Å². The molecule has 0 radical (unpaired) electrons. The number of aromatic nitrogens is 4. The third kappa shape index (κ3) is 2.73. The van der Waals surface area contributed by atoms with Crippen LogP contribution in [0.3, 0.4) is 0 Å². The molecule has 2 aromatic rings. The SMILES string of the molecule is COc1ccc(-n2nnnc2SCN=C=O)cc1. The summed E-state index contributed by atoms with van der Waals surface area (Å²) >= 11 is 1.25. The van der Waals surface area contributed by atoms with Crippen molar-refractivity contribution in [1.29, 1.82) is 0 Å². The van der Waals surface area contributed by atoms with Crippen LogP contribution in [-0.2, 0) is 4.79 Å². The number of nitrogens with zero attached hydrogens (tertiary/aromatic N) is 5. The Kier molecular flexibility index (Phi) is 4.06. The summed E-state index contributed by atoms with van der Waals surface area (Å²) in [5.74, 6) is 0.992. The van der Waals surface area contributed by atoms with Gasteiger partial charge in [0.25, 0.3) is 0 Å². The van der Waals surface area contributed by atoms with Crippen LogP contribution < -0.4 is 4.74 Å². The van der Waals surface area contributed by atoms with E-state index >= 15 is 0 Å². The van der Waals surface area contributed by atoms with Crippen LogP contribution in [0.25, 0.3) is 5.69 Å². The van der Waals surface area contributed by atoms with E-state index in [1.54, 1.807) is 11.8 Å². The van der Waals surface area contributed by atoms with Crippen molar-refractivity contribution < 1.29 is 9.53 Å². The van der Waals surface area contributed by atoms with Crippen LogP contribution in [0, 0.1) is 0 Å². The summed E-state index contributed by atoms with van der Waals surface area (Å²) in [6, 6.07) is 7.30. The summed E-state index contributed by atoms with van der Waals surface area (Å²) in [7, 11) is 1.60. The normalized spacial score (nSPS) is 9.83. The lowest BCUT2D eigenvalue weighted by atomic mass is 10.3. The topological polar surface area (TPSA) is 82.3 Å². The number of isocyanates is 1. The Morgan fingerprint density at radius 3 is 2.89 bits per heavy atom. The van der Waals surface area contributed by atoms with E-state index in [2.05, 4.69) is 20.5 Å². The molecule has 0 atom stereocenters. The Morgan fingerprint density at radius 2 is 2.22 bits per heavy atom. The lowest BCUT2D eigenvalue weighted by Gasteiger charge is -2.04. The monoisotopic (exact) mass is 263 g/mol. The second-order valence-electron chi connectivity index (χ2n) is 3.09. The molecule has 0 aliphatic rings. The summed E-state index contributed by atoms with van der Waals surface area (Å²) in [6.45, 7) is 0. The van der Waals surface area contributed by atoms with Gasteiger partial charge in [-0.1, -0.05) is 11.8 Å². The number of rotatable bonds is 5. The minimum atomic E-state index is 0.236. The van der Waals surface area contributed by atoms with Crippen molar-refractivity contribution in [1.82, 2.24) is 20.2 Å². The zero-order valence-electron chi connectivity index (χ0n) is 9.48. The molecule has 0 aliphatic heterocycles. The van der Waals surface area contributed by atoms with E-state index < -0.39 is 0 Å². The second-order valence-corrected chi connectivity index (χ2v) is 4.01. The molecule has 0 saturated carbocycles. The number of aliphatic imine (C=N–C) groups is 1. The summed E-state index contributed by atoms with van der Waals surface area (Å²) in [6.07, 6.45) is 1.46. The molecular formula is C10H9N5O2S. The molecule has 2 rings (SSSR count).